The Morgan fingerprint density at radius 3 is 2.43 bits per heavy atom. The predicted molar refractivity (Wildman–Crippen MR) is 143 cm³/mol. The smallest absolute Gasteiger partial charge is 0.269 e. The topological polar surface area (TPSA) is 93.2 Å². The summed E-state index contributed by atoms with van der Waals surface area (Å²) in [6, 6.07) is 20.8. The lowest BCUT2D eigenvalue weighted by molar-refractivity contribution is 0.208. The van der Waals surface area contributed by atoms with E-state index in [9.17, 15) is 8.42 Å². The van der Waals surface area contributed by atoms with Crippen molar-refractivity contribution in [3.63, 3.8) is 0 Å². The summed E-state index contributed by atoms with van der Waals surface area (Å²) in [7, 11) is -3.75. The summed E-state index contributed by atoms with van der Waals surface area (Å²) in [5.41, 5.74) is 9.22. The first kappa shape index (κ1) is 24.8. The molecule has 1 fully saturated rings. The minimum Gasteiger partial charge on any atom is -0.396 e. The van der Waals surface area contributed by atoms with Crippen LogP contribution in [0.5, 0.6) is 0 Å². The Bertz CT molecular complexity index is 1350. The summed E-state index contributed by atoms with van der Waals surface area (Å²) < 4.78 is 27.6. The average molecular weight is 492 g/mol. The Morgan fingerprint density at radius 1 is 1.03 bits per heavy atom. The molecule has 3 heterocycles. The minimum atomic E-state index is -3.75. The van der Waals surface area contributed by atoms with Gasteiger partial charge in [-0.15, -0.1) is 0 Å². The first-order valence-electron chi connectivity index (χ1n) is 12.1. The molecule has 1 aliphatic rings. The van der Waals surface area contributed by atoms with Crippen LogP contribution in [0.15, 0.2) is 84.0 Å². The standard InChI is InChI=1S/C25H27N5O2S.C2H6/c26-23-16-27-25-22(13-15-30(25)33(31,32)21-11-5-2-6-12-21)24(23)28-20-10-7-14-29(18-20)17-19-8-3-1-4-9-19;1-2/h1-6,8-9,11-13,15-16,20H,7,10,14,17-18,26H2,(H,27,28);1-2H3/t20-;/m1./s1. The molecular formula is C27H33N5O2S. The van der Waals surface area contributed by atoms with Crippen molar-refractivity contribution >= 4 is 32.4 Å². The van der Waals surface area contributed by atoms with Crippen LogP contribution in [-0.2, 0) is 16.6 Å². The molecule has 0 aliphatic carbocycles. The third kappa shape index (κ3) is 5.33. The number of nitrogens with one attached hydrogen (secondary N) is 1. The van der Waals surface area contributed by atoms with Gasteiger partial charge in [0.05, 0.1) is 22.5 Å². The molecule has 3 N–H and O–H groups in total. The summed E-state index contributed by atoms with van der Waals surface area (Å²) in [5.74, 6) is 0. The monoisotopic (exact) mass is 491 g/mol. The van der Waals surface area contributed by atoms with Crippen LogP contribution >= 0.6 is 0 Å². The van der Waals surface area contributed by atoms with E-state index < -0.39 is 10.0 Å². The second kappa shape index (κ2) is 10.9. The van der Waals surface area contributed by atoms with Crippen LogP contribution in [0.3, 0.4) is 0 Å². The van der Waals surface area contributed by atoms with Gasteiger partial charge in [-0.1, -0.05) is 62.4 Å². The van der Waals surface area contributed by atoms with Crippen LogP contribution in [0.25, 0.3) is 11.0 Å². The molecule has 0 saturated carbocycles. The van der Waals surface area contributed by atoms with Crippen LogP contribution < -0.4 is 11.1 Å². The maximum atomic E-state index is 13.2. The number of hydrogen-bond acceptors (Lipinski definition) is 6. The number of piperidine rings is 1. The minimum absolute atomic E-state index is 0.212. The Hall–Kier alpha value is -3.36. The van der Waals surface area contributed by atoms with E-state index in [2.05, 4.69) is 39.5 Å². The van der Waals surface area contributed by atoms with Crippen LogP contribution in [-0.4, -0.2) is 41.4 Å². The van der Waals surface area contributed by atoms with E-state index in [1.54, 1.807) is 42.6 Å². The number of nitrogen functional groups attached to an aromatic ring is 1. The van der Waals surface area contributed by atoms with E-state index in [1.165, 1.54) is 15.7 Å². The summed E-state index contributed by atoms with van der Waals surface area (Å²) >= 11 is 0. The van der Waals surface area contributed by atoms with Crippen LogP contribution in [0, 0.1) is 0 Å². The van der Waals surface area contributed by atoms with Crippen molar-refractivity contribution in [2.45, 2.75) is 44.2 Å². The van der Waals surface area contributed by atoms with E-state index in [1.807, 2.05) is 19.9 Å². The molecule has 0 unspecified atom stereocenters. The van der Waals surface area contributed by atoms with Crippen molar-refractivity contribution in [1.82, 2.24) is 13.9 Å². The number of rotatable bonds is 6. The van der Waals surface area contributed by atoms with E-state index in [-0.39, 0.29) is 10.9 Å². The Morgan fingerprint density at radius 2 is 1.71 bits per heavy atom. The van der Waals surface area contributed by atoms with Gasteiger partial charge in [0, 0.05) is 30.7 Å². The van der Waals surface area contributed by atoms with Gasteiger partial charge >= 0.3 is 0 Å². The summed E-state index contributed by atoms with van der Waals surface area (Å²) in [6.07, 6.45) is 5.19. The van der Waals surface area contributed by atoms with Crippen molar-refractivity contribution in [2.24, 2.45) is 0 Å². The lowest BCUT2D eigenvalue weighted by Crippen LogP contribution is -2.41. The number of pyridine rings is 1. The molecule has 1 atom stereocenters. The van der Waals surface area contributed by atoms with Crippen molar-refractivity contribution in [2.75, 3.05) is 24.1 Å². The van der Waals surface area contributed by atoms with Crippen molar-refractivity contribution < 1.29 is 8.42 Å². The molecule has 0 spiro atoms. The zero-order valence-electron chi connectivity index (χ0n) is 20.3. The highest BCUT2D eigenvalue weighted by molar-refractivity contribution is 7.90. The van der Waals surface area contributed by atoms with Gasteiger partial charge in [-0.3, -0.25) is 4.90 Å². The number of anilines is 2. The zero-order chi connectivity index (χ0) is 24.8. The van der Waals surface area contributed by atoms with Gasteiger partial charge in [-0.25, -0.2) is 17.4 Å². The lowest BCUT2D eigenvalue weighted by Gasteiger charge is -2.34. The number of nitrogens with two attached hydrogens (primary N) is 1. The second-order valence-electron chi connectivity index (χ2n) is 8.46. The molecule has 2 aromatic heterocycles. The van der Waals surface area contributed by atoms with Crippen LogP contribution in [0.1, 0.15) is 32.3 Å². The fraction of sp³-hybridized carbons (Fsp3) is 0.296. The SMILES string of the molecule is CC.Nc1cnc2c(ccn2S(=O)(=O)c2ccccc2)c1N[C@@H]1CCCN(Cc2ccccc2)C1. The van der Waals surface area contributed by atoms with E-state index in [0.29, 0.717) is 16.7 Å². The summed E-state index contributed by atoms with van der Waals surface area (Å²) in [5, 5.41) is 4.30. The van der Waals surface area contributed by atoms with Crippen molar-refractivity contribution in [1.29, 1.82) is 0 Å². The van der Waals surface area contributed by atoms with Crippen LogP contribution in [0.2, 0.25) is 0 Å². The largest absolute Gasteiger partial charge is 0.396 e. The highest BCUT2D eigenvalue weighted by Gasteiger charge is 2.24. The maximum Gasteiger partial charge on any atom is 0.269 e. The van der Waals surface area contributed by atoms with Crippen molar-refractivity contribution in [3.05, 3.63) is 84.7 Å². The number of fused-ring (bicyclic) bond motifs is 1. The molecule has 8 heteroatoms. The number of aromatic nitrogens is 2. The van der Waals surface area contributed by atoms with Gasteiger partial charge in [0.15, 0.2) is 5.65 Å². The molecule has 0 radical (unpaired) electrons. The van der Waals surface area contributed by atoms with Gasteiger partial charge in [0.25, 0.3) is 10.0 Å². The molecular weight excluding hydrogens is 458 g/mol. The molecule has 4 aromatic rings. The molecule has 0 amide bonds. The van der Waals surface area contributed by atoms with Crippen LogP contribution in [0.4, 0.5) is 11.4 Å². The number of likely N-dealkylation sites (tertiary alicyclic amines) is 1. The molecule has 5 rings (SSSR count). The van der Waals surface area contributed by atoms with E-state index in [0.717, 1.165) is 38.2 Å². The molecule has 7 nitrogen and oxygen atoms in total. The first-order chi connectivity index (χ1) is 17.0. The Kier molecular flexibility index (Phi) is 7.73. The molecule has 2 aromatic carbocycles. The van der Waals surface area contributed by atoms with Gasteiger partial charge in [-0.2, -0.15) is 0 Å². The van der Waals surface area contributed by atoms with Gasteiger partial charge in [0.2, 0.25) is 0 Å². The summed E-state index contributed by atoms with van der Waals surface area (Å²) in [6.45, 7) is 6.85. The van der Waals surface area contributed by atoms with E-state index >= 15 is 0 Å². The third-order valence-corrected chi connectivity index (χ3v) is 7.79. The number of nitrogens with zero attached hydrogens (tertiary/aromatic N) is 3. The fourth-order valence-corrected chi connectivity index (χ4v) is 5.82. The Balaban J connectivity index is 0.00000141. The third-order valence-electron chi connectivity index (χ3n) is 6.11. The van der Waals surface area contributed by atoms with Crippen molar-refractivity contribution in [3.8, 4) is 0 Å². The lowest BCUT2D eigenvalue weighted by atomic mass is 10.0. The first-order valence-corrected chi connectivity index (χ1v) is 13.6. The molecule has 35 heavy (non-hydrogen) atoms. The normalized spacial score (nSPS) is 16.5. The molecule has 1 saturated heterocycles. The highest BCUT2D eigenvalue weighted by Crippen LogP contribution is 2.32. The number of benzene rings is 2. The summed E-state index contributed by atoms with van der Waals surface area (Å²) in [4.78, 5) is 7.03. The van der Waals surface area contributed by atoms with Gasteiger partial charge in [0.1, 0.15) is 0 Å². The highest BCUT2D eigenvalue weighted by atomic mass is 32.2. The fourth-order valence-electron chi connectivity index (χ4n) is 4.50. The Labute approximate surface area is 207 Å². The second-order valence-corrected chi connectivity index (χ2v) is 10.3. The average Bonchev–Trinajstić information content (AvgIpc) is 3.34. The predicted octanol–water partition coefficient (Wildman–Crippen LogP) is 4.96. The maximum absolute atomic E-state index is 13.2. The zero-order valence-corrected chi connectivity index (χ0v) is 21.1. The quantitative estimate of drug-likeness (QED) is 0.396. The molecule has 0 bridgehead atoms. The van der Waals surface area contributed by atoms with E-state index in [4.69, 9.17) is 5.73 Å². The molecule has 184 valence electrons. The number of hydrogen-bond donors (Lipinski definition) is 2. The van der Waals surface area contributed by atoms with Gasteiger partial charge < -0.3 is 11.1 Å². The van der Waals surface area contributed by atoms with Gasteiger partial charge in [-0.05, 0) is 43.1 Å². The molecule has 1 aliphatic heterocycles.